The molecule has 7 nitrogen and oxygen atoms in total. The van der Waals surface area contributed by atoms with Crippen LogP contribution in [0.1, 0.15) is 34.6 Å². The standard InChI is InChI=1S/C28H34O7Si/c1-27(2,3)36(18-12-8-6-9-13-18,19-14-10-7-11-15-19)31-17-21-24-25(35-28(4,5)34-24)23(32-21)20-16-22(29)33-26(20)30/h6-16,21,23-26,30H,17H2,1-5H3/t21-,23+,24-,25+,26?/m1/s1. The molecule has 0 amide bonds. The minimum atomic E-state index is -2.79. The van der Waals surface area contributed by atoms with Gasteiger partial charge in [-0.2, -0.15) is 0 Å². The highest BCUT2D eigenvalue weighted by atomic mass is 28.4. The lowest BCUT2D eigenvalue weighted by Gasteiger charge is -2.43. The molecule has 2 fully saturated rings. The fourth-order valence-electron chi connectivity index (χ4n) is 5.70. The molecule has 36 heavy (non-hydrogen) atoms. The van der Waals surface area contributed by atoms with Gasteiger partial charge in [0, 0.05) is 11.6 Å². The highest BCUT2D eigenvalue weighted by Crippen LogP contribution is 2.43. The number of carbonyl (C=O) groups is 1. The van der Waals surface area contributed by atoms with E-state index in [0.717, 1.165) is 0 Å². The van der Waals surface area contributed by atoms with Crippen LogP contribution >= 0.6 is 0 Å². The van der Waals surface area contributed by atoms with Gasteiger partial charge in [0.2, 0.25) is 6.29 Å². The molecule has 8 heteroatoms. The molecule has 0 bridgehead atoms. The Balaban J connectivity index is 1.50. The van der Waals surface area contributed by atoms with Crippen molar-refractivity contribution in [2.45, 2.75) is 76.1 Å². The van der Waals surface area contributed by atoms with Gasteiger partial charge in [-0.1, -0.05) is 81.4 Å². The van der Waals surface area contributed by atoms with Crippen LogP contribution in [-0.2, 0) is 28.2 Å². The van der Waals surface area contributed by atoms with Crippen molar-refractivity contribution >= 4 is 24.7 Å². The second-order valence-electron chi connectivity index (χ2n) is 11.1. The van der Waals surface area contributed by atoms with Crippen LogP contribution in [0.4, 0.5) is 0 Å². The molecule has 0 spiro atoms. The Morgan fingerprint density at radius 1 is 0.944 bits per heavy atom. The lowest BCUT2D eigenvalue weighted by Crippen LogP contribution is -2.67. The number of fused-ring (bicyclic) bond motifs is 1. The van der Waals surface area contributed by atoms with Crippen molar-refractivity contribution in [3.05, 3.63) is 72.3 Å². The van der Waals surface area contributed by atoms with Gasteiger partial charge in [-0.25, -0.2) is 4.79 Å². The SMILES string of the molecule is CC1(C)O[C@@H]2[C@H](O1)[C@@H](CO[Si](c1ccccc1)(c1ccccc1)C(C)(C)C)O[C@H]2C1=CC(=O)OC1O. The summed E-state index contributed by atoms with van der Waals surface area (Å²) in [5.74, 6) is -1.43. The van der Waals surface area contributed by atoms with Gasteiger partial charge in [0.1, 0.15) is 24.4 Å². The molecule has 5 atom stereocenters. The van der Waals surface area contributed by atoms with Crippen molar-refractivity contribution in [3.63, 3.8) is 0 Å². The molecular formula is C28H34O7Si. The van der Waals surface area contributed by atoms with Crippen LogP contribution in [0.15, 0.2) is 72.3 Å². The third-order valence-corrected chi connectivity index (χ3v) is 12.2. The van der Waals surface area contributed by atoms with E-state index in [2.05, 4.69) is 69.3 Å². The normalized spacial score (nSPS) is 29.7. The highest BCUT2D eigenvalue weighted by molar-refractivity contribution is 6.99. The fraction of sp³-hybridized carbons (Fsp3) is 0.464. The smallest absolute Gasteiger partial charge is 0.333 e. The Kier molecular flexibility index (Phi) is 6.47. The number of benzene rings is 2. The highest BCUT2D eigenvalue weighted by Gasteiger charge is 2.59. The maximum atomic E-state index is 11.8. The van der Waals surface area contributed by atoms with Crippen molar-refractivity contribution < 1.29 is 33.3 Å². The first-order valence-corrected chi connectivity index (χ1v) is 14.3. The molecule has 2 saturated heterocycles. The molecule has 1 unspecified atom stereocenters. The number of rotatable bonds is 6. The first-order valence-electron chi connectivity index (χ1n) is 12.4. The van der Waals surface area contributed by atoms with Crippen molar-refractivity contribution in [1.82, 2.24) is 0 Å². The van der Waals surface area contributed by atoms with Gasteiger partial charge >= 0.3 is 5.97 Å². The van der Waals surface area contributed by atoms with Gasteiger partial charge in [-0.15, -0.1) is 0 Å². The first-order chi connectivity index (χ1) is 17.0. The molecule has 3 aliphatic rings. The maximum Gasteiger partial charge on any atom is 0.333 e. The Hall–Kier alpha value is -2.33. The van der Waals surface area contributed by atoms with E-state index in [-0.39, 0.29) is 11.6 Å². The number of cyclic esters (lactones) is 1. The summed E-state index contributed by atoms with van der Waals surface area (Å²) in [6.45, 7) is 10.6. The van der Waals surface area contributed by atoms with Gasteiger partial charge in [0.25, 0.3) is 8.32 Å². The quantitative estimate of drug-likeness (QED) is 0.473. The van der Waals surface area contributed by atoms with E-state index in [4.69, 9.17) is 23.4 Å². The third-order valence-electron chi connectivity index (χ3n) is 7.16. The second-order valence-corrected chi connectivity index (χ2v) is 15.4. The number of aliphatic hydroxyl groups is 1. The van der Waals surface area contributed by atoms with Gasteiger partial charge in [0.15, 0.2) is 5.79 Å². The van der Waals surface area contributed by atoms with Gasteiger partial charge in [0.05, 0.1) is 6.61 Å². The Morgan fingerprint density at radius 2 is 1.50 bits per heavy atom. The maximum absolute atomic E-state index is 11.8. The monoisotopic (exact) mass is 510 g/mol. The molecule has 3 heterocycles. The Morgan fingerprint density at radius 3 is 2.00 bits per heavy atom. The van der Waals surface area contributed by atoms with E-state index in [1.54, 1.807) is 0 Å². The number of hydrogen-bond acceptors (Lipinski definition) is 7. The van der Waals surface area contributed by atoms with E-state index < -0.39 is 50.8 Å². The van der Waals surface area contributed by atoms with E-state index in [9.17, 15) is 9.90 Å². The summed E-state index contributed by atoms with van der Waals surface area (Å²) in [6, 6.07) is 20.8. The van der Waals surface area contributed by atoms with Gasteiger partial charge in [-0.05, 0) is 29.3 Å². The average molecular weight is 511 g/mol. The number of carbonyl (C=O) groups excluding carboxylic acids is 1. The largest absolute Gasteiger partial charge is 0.429 e. The molecule has 1 N–H and O–H groups in total. The third kappa shape index (κ3) is 4.36. The summed E-state index contributed by atoms with van der Waals surface area (Å²) in [5, 5.41) is 12.5. The number of aliphatic hydroxyl groups excluding tert-OH is 1. The van der Waals surface area contributed by atoms with Crippen LogP contribution in [0.5, 0.6) is 0 Å². The number of esters is 1. The van der Waals surface area contributed by atoms with Crippen LogP contribution in [0.3, 0.4) is 0 Å². The van der Waals surface area contributed by atoms with Crippen molar-refractivity contribution in [3.8, 4) is 0 Å². The van der Waals surface area contributed by atoms with Crippen LogP contribution in [0.25, 0.3) is 0 Å². The molecule has 2 aromatic carbocycles. The molecule has 0 radical (unpaired) electrons. The fourth-order valence-corrected chi connectivity index (χ4v) is 10.3. The Bertz CT molecular complexity index is 1090. The summed E-state index contributed by atoms with van der Waals surface area (Å²) in [4.78, 5) is 11.8. The van der Waals surface area contributed by atoms with Crippen LogP contribution in [0, 0.1) is 0 Å². The van der Waals surface area contributed by atoms with E-state index >= 15 is 0 Å². The van der Waals surface area contributed by atoms with E-state index in [1.165, 1.54) is 16.4 Å². The molecule has 5 rings (SSSR count). The van der Waals surface area contributed by atoms with Crippen LogP contribution in [0.2, 0.25) is 5.04 Å². The molecule has 192 valence electrons. The molecule has 0 aliphatic carbocycles. The summed E-state index contributed by atoms with van der Waals surface area (Å²) >= 11 is 0. The molecule has 0 saturated carbocycles. The summed E-state index contributed by atoms with van der Waals surface area (Å²) in [5.41, 5.74) is 0.351. The van der Waals surface area contributed by atoms with Crippen molar-refractivity contribution in [1.29, 1.82) is 0 Å². The molecular weight excluding hydrogens is 476 g/mol. The second kappa shape index (κ2) is 9.20. The van der Waals surface area contributed by atoms with Gasteiger partial charge < -0.3 is 28.5 Å². The van der Waals surface area contributed by atoms with Gasteiger partial charge in [-0.3, -0.25) is 0 Å². The topological polar surface area (TPSA) is 83.5 Å². The van der Waals surface area contributed by atoms with Crippen LogP contribution in [-0.4, -0.2) is 62.5 Å². The minimum absolute atomic E-state index is 0.191. The number of ether oxygens (including phenoxy) is 4. The van der Waals surface area contributed by atoms with Crippen molar-refractivity contribution in [2.24, 2.45) is 0 Å². The van der Waals surface area contributed by atoms with Crippen LogP contribution < -0.4 is 10.4 Å². The predicted molar refractivity (Wildman–Crippen MR) is 136 cm³/mol. The lowest BCUT2D eigenvalue weighted by atomic mass is 10.0. The van der Waals surface area contributed by atoms with Crippen molar-refractivity contribution in [2.75, 3.05) is 6.61 Å². The predicted octanol–water partition coefficient (Wildman–Crippen LogP) is 2.65. The summed E-state index contributed by atoms with van der Waals surface area (Å²) < 4.78 is 30.8. The van der Waals surface area contributed by atoms with E-state index in [1.807, 2.05) is 26.0 Å². The molecule has 3 aliphatic heterocycles. The zero-order valence-electron chi connectivity index (χ0n) is 21.3. The zero-order valence-corrected chi connectivity index (χ0v) is 22.3. The minimum Gasteiger partial charge on any atom is -0.429 e. The zero-order chi connectivity index (χ0) is 25.7. The number of hydrogen-bond donors (Lipinski definition) is 1. The first kappa shape index (κ1) is 25.3. The van der Waals surface area contributed by atoms with E-state index in [0.29, 0.717) is 5.57 Å². The summed E-state index contributed by atoms with van der Waals surface area (Å²) in [7, 11) is -2.79. The average Bonchev–Trinajstić information content (AvgIpc) is 3.44. The molecule has 0 aromatic heterocycles. The Labute approximate surface area is 213 Å². The molecule has 2 aromatic rings. The lowest BCUT2D eigenvalue weighted by molar-refractivity contribution is -0.189. The summed E-state index contributed by atoms with van der Waals surface area (Å²) in [6.07, 6.45) is -2.13.